The summed E-state index contributed by atoms with van der Waals surface area (Å²) >= 11 is 0. The van der Waals surface area contributed by atoms with Gasteiger partial charge in [-0.15, -0.1) is 0 Å². The molecule has 2 aromatic carbocycles. The quantitative estimate of drug-likeness (QED) is 0.197. The molecule has 0 aliphatic carbocycles. The molecular formula is C25H24O13. The topological polar surface area (TPSA) is 202 Å². The van der Waals surface area contributed by atoms with Gasteiger partial charge in [-0.05, 0) is 23.8 Å². The van der Waals surface area contributed by atoms with Gasteiger partial charge in [-0.2, -0.15) is 0 Å². The molecule has 0 spiro atoms. The Hall–Kier alpha value is -4.17. The fourth-order valence-electron chi connectivity index (χ4n) is 3.86. The van der Waals surface area contributed by atoms with Gasteiger partial charge in [0.15, 0.2) is 11.5 Å². The monoisotopic (exact) mass is 532 g/mol. The lowest BCUT2D eigenvalue weighted by atomic mass is 9.99. The first-order valence-corrected chi connectivity index (χ1v) is 11.3. The average Bonchev–Trinajstić information content (AvgIpc) is 2.88. The van der Waals surface area contributed by atoms with Crippen molar-refractivity contribution < 1.29 is 58.5 Å². The van der Waals surface area contributed by atoms with Crippen molar-refractivity contribution in [3.05, 3.63) is 52.9 Å². The van der Waals surface area contributed by atoms with Gasteiger partial charge in [-0.1, -0.05) is 12.1 Å². The Bertz CT molecular complexity index is 1380. The zero-order valence-electron chi connectivity index (χ0n) is 19.8. The molecule has 13 nitrogen and oxygen atoms in total. The number of carbonyl (C=O) groups is 2. The van der Waals surface area contributed by atoms with Crippen LogP contribution in [0.15, 0.2) is 51.9 Å². The number of carbonyl (C=O) groups excluding carboxylic acids is 1. The van der Waals surface area contributed by atoms with E-state index in [4.69, 9.17) is 28.5 Å². The van der Waals surface area contributed by atoms with E-state index >= 15 is 0 Å². The Labute approximate surface area is 214 Å². The van der Waals surface area contributed by atoms with E-state index < -0.39 is 61.1 Å². The van der Waals surface area contributed by atoms with Gasteiger partial charge in [-0.25, -0.2) is 0 Å². The maximum absolute atomic E-state index is 13.1. The summed E-state index contributed by atoms with van der Waals surface area (Å²) in [5.74, 6) is -2.47. The third kappa shape index (κ3) is 5.55. The van der Waals surface area contributed by atoms with Crippen LogP contribution >= 0.6 is 0 Å². The number of rotatable bonds is 8. The Morgan fingerprint density at radius 2 is 1.71 bits per heavy atom. The van der Waals surface area contributed by atoms with Gasteiger partial charge in [0.25, 0.3) is 0 Å². The SMILES string of the molecule is COc1cc2c(=O)c(-c3ccc(O)cc3)coc2cc1OC1OC(COC(=O)CC(=O)O)C(O)C(O)C1O. The number of phenols is 1. The molecule has 1 fully saturated rings. The molecule has 1 aliphatic heterocycles. The smallest absolute Gasteiger partial charge is 0.317 e. The second kappa shape index (κ2) is 11.1. The summed E-state index contributed by atoms with van der Waals surface area (Å²) in [5.41, 5.74) is 0.451. The predicted octanol–water partition coefficient (Wildman–Crippen LogP) is 0.378. The standard InChI is InChI=1S/C25H24O13/c1-34-16-6-13-15(35-9-14(21(13)30)11-2-4-12(26)5-3-11)7-17(16)37-25-24(33)23(32)22(31)18(38-25)10-36-20(29)8-19(27)28/h2-7,9,18,22-26,31-33H,8,10H2,1H3,(H,27,28). The summed E-state index contributed by atoms with van der Waals surface area (Å²) in [6.07, 6.45) is -7.84. The molecule has 13 heteroatoms. The number of phenolic OH excluding ortho intramolecular Hbond substituents is 1. The zero-order chi connectivity index (χ0) is 27.6. The van der Waals surface area contributed by atoms with Crippen molar-refractivity contribution in [1.82, 2.24) is 0 Å². The molecule has 5 N–H and O–H groups in total. The van der Waals surface area contributed by atoms with Crippen LogP contribution in [-0.2, 0) is 19.1 Å². The number of aliphatic hydroxyl groups excluding tert-OH is 3. The summed E-state index contributed by atoms with van der Waals surface area (Å²) in [6, 6.07) is 8.63. The van der Waals surface area contributed by atoms with Crippen molar-refractivity contribution in [2.45, 2.75) is 37.1 Å². The van der Waals surface area contributed by atoms with Gasteiger partial charge >= 0.3 is 11.9 Å². The lowest BCUT2D eigenvalue weighted by Gasteiger charge is -2.40. The highest BCUT2D eigenvalue weighted by atomic mass is 16.7. The van der Waals surface area contributed by atoms with E-state index in [1.165, 1.54) is 37.6 Å². The maximum Gasteiger partial charge on any atom is 0.317 e. The second-order valence-corrected chi connectivity index (χ2v) is 8.41. The van der Waals surface area contributed by atoms with Crippen LogP contribution in [0.4, 0.5) is 0 Å². The minimum absolute atomic E-state index is 0.0350. The number of carboxylic acids is 1. The number of esters is 1. The van der Waals surface area contributed by atoms with Gasteiger partial charge in [0, 0.05) is 6.07 Å². The molecule has 1 aliphatic rings. The molecule has 38 heavy (non-hydrogen) atoms. The highest BCUT2D eigenvalue weighted by Gasteiger charge is 2.45. The van der Waals surface area contributed by atoms with E-state index in [1.807, 2.05) is 0 Å². The lowest BCUT2D eigenvalue weighted by Crippen LogP contribution is -2.60. The summed E-state index contributed by atoms with van der Waals surface area (Å²) < 4.78 is 26.9. The number of hydrogen-bond donors (Lipinski definition) is 5. The Kier molecular flexibility index (Phi) is 7.83. The van der Waals surface area contributed by atoms with Crippen LogP contribution in [0.3, 0.4) is 0 Å². The summed E-state index contributed by atoms with van der Waals surface area (Å²) in [6.45, 7) is -0.624. The van der Waals surface area contributed by atoms with E-state index in [-0.39, 0.29) is 33.8 Å². The van der Waals surface area contributed by atoms with Crippen LogP contribution in [0, 0.1) is 0 Å². The summed E-state index contributed by atoms with van der Waals surface area (Å²) in [7, 11) is 1.31. The molecule has 1 saturated heterocycles. The van der Waals surface area contributed by atoms with Gasteiger partial charge < -0.3 is 48.9 Å². The molecule has 5 unspecified atom stereocenters. The van der Waals surface area contributed by atoms with Crippen molar-refractivity contribution in [1.29, 1.82) is 0 Å². The van der Waals surface area contributed by atoms with Gasteiger partial charge in [-0.3, -0.25) is 14.4 Å². The van der Waals surface area contributed by atoms with Crippen molar-refractivity contribution >= 4 is 22.9 Å². The van der Waals surface area contributed by atoms with Gasteiger partial charge in [0.1, 0.15) is 55.0 Å². The van der Waals surface area contributed by atoms with Crippen LogP contribution in [0.25, 0.3) is 22.1 Å². The maximum atomic E-state index is 13.1. The number of ether oxygens (including phenoxy) is 4. The van der Waals surface area contributed by atoms with Gasteiger partial charge in [0.05, 0.1) is 18.1 Å². The normalized spacial score (nSPS) is 23.1. The average molecular weight is 532 g/mol. The Balaban J connectivity index is 1.59. The highest BCUT2D eigenvalue weighted by Crippen LogP contribution is 2.35. The number of fused-ring (bicyclic) bond motifs is 1. The van der Waals surface area contributed by atoms with Crippen LogP contribution in [0.1, 0.15) is 6.42 Å². The third-order valence-corrected chi connectivity index (χ3v) is 5.85. The van der Waals surface area contributed by atoms with E-state index in [1.54, 1.807) is 12.1 Å². The van der Waals surface area contributed by atoms with E-state index in [9.17, 15) is 34.8 Å². The number of benzene rings is 2. The van der Waals surface area contributed by atoms with E-state index in [0.29, 0.717) is 5.56 Å². The molecule has 3 aromatic rings. The second-order valence-electron chi connectivity index (χ2n) is 8.41. The van der Waals surface area contributed by atoms with Crippen LogP contribution in [0.5, 0.6) is 17.2 Å². The number of hydrogen-bond acceptors (Lipinski definition) is 12. The number of aliphatic carboxylic acids is 1. The highest BCUT2D eigenvalue weighted by molar-refractivity contribution is 5.90. The van der Waals surface area contributed by atoms with Crippen molar-refractivity contribution in [3.8, 4) is 28.4 Å². The summed E-state index contributed by atoms with van der Waals surface area (Å²) in [5, 5.41) is 49.2. The molecule has 5 atom stereocenters. The molecule has 0 saturated carbocycles. The van der Waals surface area contributed by atoms with E-state index in [0.717, 1.165) is 0 Å². The minimum Gasteiger partial charge on any atom is -0.508 e. The van der Waals surface area contributed by atoms with Crippen molar-refractivity contribution in [2.24, 2.45) is 0 Å². The predicted molar refractivity (Wildman–Crippen MR) is 127 cm³/mol. The Morgan fingerprint density at radius 1 is 1.00 bits per heavy atom. The van der Waals surface area contributed by atoms with Crippen LogP contribution in [-0.4, -0.2) is 81.9 Å². The zero-order valence-corrected chi connectivity index (χ0v) is 19.8. The number of methoxy groups -OCH3 is 1. The fourth-order valence-corrected chi connectivity index (χ4v) is 3.86. The first kappa shape index (κ1) is 26.9. The number of aromatic hydroxyl groups is 1. The number of carboxylic acid groups (broad SMARTS) is 1. The van der Waals surface area contributed by atoms with Crippen LogP contribution < -0.4 is 14.9 Å². The third-order valence-electron chi connectivity index (χ3n) is 5.85. The molecule has 1 aromatic heterocycles. The minimum atomic E-state index is -1.77. The Morgan fingerprint density at radius 3 is 2.37 bits per heavy atom. The first-order valence-electron chi connectivity index (χ1n) is 11.3. The lowest BCUT2D eigenvalue weighted by molar-refractivity contribution is -0.278. The van der Waals surface area contributed by atoms with Gasteiger partial charge in [0.2, 0.25) is 11.7 Å². The summed E-state index contributed by atoms with van der Waals surface area (Å²) in [4.78, 5) is 35.3. The molecule has 2 heterocycles. The molecule has 0 radical (unpaired) electrons. The molecular weight excluding hydrogens is 508 g/mol. The largest absolute Gasteiger partial charge is 0.508 e. The first-order chi connectivity index (χ1) is 18.1. The fraction of sp³-hybridized carbons (Fsp3) is 0.320. The molecule has 0 bridgehead atoms. The molecule has 4 rings (SSSR count). The van der Waals surface area contributed by atoms with E-state index in [2.05, 4.69) is 0 Å². The molecule has 0 amide bonds. The number of aliphatic hydroxyl groups is 3. The molecule has 202 valence electrons. The van der Waals surface area contributed by atoms with Crippen molar-refractivity contribution in [2.75, 3.05) is 13.7 Å². The van der Waals surface area contributed by atoms with Crippen molar-refractivity contribution in [3.63, 3.8) is 0 Å². The van der Waals surface area contributed by atoms with Crippen LogP contribution in [0.2, 0.25) is 0 Å².